The van der Waals surface area contributed by atoms with Gasteiger partial charge in [-0.3, -0.25) is 19.8 Å². The number of amides is 1. The molecule has 0 radical (unpaired) electrons. The molecule has 0 atom stereocenters. The summed E-state index contributed by atoms with van der Waals surface area (Å²) in [5, 5.41) is 11.1. The number of carbonyl (C=O) groups excluding carboxylic acids is 1. The molecule has 1 fully saturated rings. The van der Waals surface area contributed by atoms with Gasteiger partial charge in [-0.2, -0.15) is 0 Å². The van der Waals surface area contributed by atoms with Gasteiger partial charge in [0.1, 0.15) is 5.82 Å². The van der Waals surface area contributed by atoms with Gasteiger partial charge in [0.05, 0.1) is 4.92 Å². The highest BCUT2D eigenvalue weighted by Crippen LogP contribution is 2.27. The number of piperidine rings is 1. The lowest BCUT2D eigenvalue weighted by Gasteiger charge is -2.38. The second-order valence-electron chi connectivity index (χ2n) is 8.45. The summed E-state index contributed by atoms with van der Waals surface area (Å²) in [6, 6.07) is 20.3. The minimum Gasteiger partial charge on any atom is -0.305 e. The summed E-state index contributed by atoms with van der Waals surface area (Å²) < 4.78 is 13.4. The van der Waals surface area contributed by atoms with Gasteiger partial charge in [0.2, 0.25) is 0 Å². The van der Waals surface area contributed by atoms with Crippen LogP contribution in [0.3, 0.4) is 0 Å². The van der Waals surface area contributed by atoms with Crippen LogP contribution in [0.5, 0.6) is 0 Å². The van der Waals surface area contributed by atoms with Crippen molar-refractivity contribution in [3.05, 3.63) is 105 Å². The number of halogens is 1. The number of nitrogens with zero attached hydrogens (tertiary/aromatic N) is 3. The molecule has 0 aromatic heterocycles. The van der Waals surface area contributed by atoms with E-state index in [1.54, 1.807) is 12.1 Å². The molecule has 0 saturated carbocycles. The zero-order valence-electron chi connectivity index (χ0n) is 18.5. The smallest absolute Gasteiger partial charge is 0.269 e. The lowest BCUT2D eigenvalue weighted by atomic mass is 10.00. The SMILES string of the molecule is Cc1ccc(N(C(=O)c2ccc(F)cc2)C2CCN(Cc3cccc([N+](=O)[O-])c3)CC2)cc1. The Labute approximate surface area is 192 Å². The van der Waals surface area contributed by atoms with Gasteiger partial charge in [-0.25, -0.2) is 4.39 Å². The van der Waals surface area contributed by atoms with Crippen LogP contribution in [-0.2, 0) is 6.54 Å². The van der Waals surface area contributed by atoms with Gasteiger partial charge in [-0.15, -0.1) is 0 Å². The van der Waals surface area contributed by atoms with Crippen molar-refractivity contribution in [2.75, 3.05) is 18.0 Å². The average molecular weight is 448 g/mol. The van der Waals surface area contributed by atoms with Gasteiger partial charge in [0, 0.05) is 49.1 Å². The van der Waals surface area contributed by atoms with Crippen molar-refractivity contribution in [3.8, 4) is 0 Å². The maximum absolute atomic E-state index is 13.4. The maximum Gasteiger partial charge on any atom is 0.269 e. The predicted molar refractivity (Wildman–Crippen MR) is 126 cm³/mol. The van der Waals surface area contributed by atoms with Crippen molar-refractivity contribution in [2.45, 2.75) is 32.4 Å². The number of hydrogen-bond donors (Lipinski definition) is 0. The Morgan fingerprint density at radius 2 is 1.73 bits per heavy atom. The van der Waals surface area contributed by atoms with Gasteiger partial charge >= 0.3 is 0 Å². The average Bonchev–Trinajstić information content (AvgIpc) is 2.82. The van der Waals surface area contributed by atoms with Crippen LogP contribution in [-0.4, -0.2) is 34.9 Å². The Balaban J connectivity index is 1.50. The van der Waals surface area contributed by atoms with Crippen LogP contribution >= 0.6 is 0 Å². The first-order valence-corrected chi connectivity index (χ1v) is 11.0. The largest absolute Gasteiger partial charge is 0.305 e. The van der Waals surface area contributed by atoms with E-state index in [-0.39, 0.29) is 28.4 Å². The monoisotopic (exact) mass is 447 g/mol. The van der Waals surface area contributed by atoms with Crippen molar-refractivity contribution in [1.82, 2.24) is 4.90 Å². The number of carbonyl (C=O) groups is 1. The number of rotatable bonds is 6. The Morgan fingerprint density at radius 1 is 1.06 bits per heavy atom. The zero-order valence-corrected chi connectivity index (χ0v) is 18.5. The lowest BCUT2D eigenvalue weighted by Crippen LogP contribution is -2.47. The molecule has 1 aliphatic rings. The molecule has 0 aliphatic carbocycles. The molecule has 0 bridgehead atoms. The highest BCUT2D eigenvalue weighted by molar-refractivity contribution is 6.06. The van der Waals surface area contributed by atoms with E-state index in [0.29, 0.717) is 12.1 Å². The van der Waals surface area contributed by atoms with E-state index in [1.807, 2.05) is 42.2 Å². The van der Waals surface area contributed by atoms with Crippen molar-refractivity contribution in [1.29, 1.82) is 0 Å². The second-order valence-corrected chi connectivity index (χ2v) is 8.45. The van der Waals surface area contributed by atoms with Crippen LogP contribution in [0.15, 0.2) is 72.8 Å². The molecule has 0 unspecified atom stereocenters. The Hall–Kier alpha value is -3.58. The van der Waals surface area contributed by atoms with Gasteiger partial charge < -0.3 is 4.90 Å². The number of aryl methyl sites for hydroxylation is 1. The van der Waals surface area contributed by atoms with Crippen LogP contribution in [0.2, 0.25) is 0 Å². The zero-order chi connectivity index (χ0) is 23.4. The van der Waals surface area contributed by atoms with E-state index < -0.39 is 0 Å². The lowest BCUT2D eigenvalue weighted by molar-refractivity contribution is -0.384. The van der Waals surface area contributed by atoms with E-state index in [1.165, 1.54) is 30.3 Å². The molecule has 4 rings (SSSR count). The number of hydrogen-bond acceptors (Lipinski definition) is 4. The summed E-state index contributed by atoms with van der Waals surface area (Å²) in [5.41, 5.74) is 3.39. The molecular formula is C26H26FN3O3. The molecule has 170 valence electrons. The summed E-state index contributed by atoms with van der Waals surface area (Å²) >= 11 is 0. The minimum atomic E-state index is -0.379. The molecule has 0 spiro atoms. The number of benzene rings is 3. The van der Waals surface area contributed by atoms with Gasteiger partial charge in [-0.1, -0.05) is 29.8 Å². The Morgan fingerprint density at radius 3 is 2.36 bits per heavy atom. The van der Waals surface area contributed by atoms with Crippen LogP contribution in [0.1, 0.15) is 34.3 Å². The van der Waals surface area contributed by atoms with E-state index in [9.17, 15) is 19.3 Å². The third-order valence-electron chi connectivity index (χ3n) is 6.07. The van der Waals surface area contributed by atoms with Crippen molar-refractivity contribution in [2.24, 2.45) is 0 Å². The summed E-state index contributed by atoms with van der Waals surface area (Å²) in [5.74, 6) is -0.515. The fraction of sp³-hybridized carbons (Fsp3) is 0.269. The molecule has 0 N–H and O–H groups in total. The molecule has 1 heterocycles. The molecular weight excluding hydrogens is 421 g/mol. The summed E-state index contributed by atoms with van der Waals surface area (Å²) in [6.45, 7) is 4.17. The van der Waals surface area contributed by atoms with Crippen LogP contribution in [0, 0.1) is 22.9 Å². The number of non-ortho nitro benzene ring substituents is 1. The minimum absolute atomic E-state index is 0.00613. The molecule has 3 aromatic carbocycles. The third-order valence-corrected chi connectivity index (χ3v) is 6.07. The molecule has 1 saturated heterocycles. The van der Waals surface area contributed by atoms with E-state index in [2.05, 4.69) is 4.90 Å². The summed E-state index contributed by atoms with van der Waals surface area (Å²) in [6.07, 6.45) is 1.55. The van der Waals surface area contributed by atoms with Crippen LogP contribution in [0.25, 0.3) is 0 Å². The normalized spacial score (nSPS) is 14.7. The molecule has 1 aliphatic heterocycles. The second kappa shape index (κ2) is 9.92. The highest BCUT2D eigenvalue weighted by Gasteiger charge is 2.30. The van der Waals surface area contributed by atoms with Crippen molar-refractivity contribution in [3.63, 3.8) is 0 Å². The number of likely N-dealkylation sites (tertiary alicyclic amines) is 1. The van der Waals surface area contributed by atoms with E-state index >= 15 is 0 Å². The first-order chi connectivity index (χ1) is 15.9. The standard InChI is InChI=1S/C26H26FN3O3/c1-19-5-11-23(12-6-19)29(26(31)21-7-9-22(27)10-8-21)24-13-15-28(16-14-24)18-20-3-2-4-25(17-20)30(32)33/h2-12,17,24H,13-16,18H2,1H3. The fourth-order valence-corrected chi connectivity index (χ4v) is 4.29. The first kappa shape index (κ1) is 22.6. The Kier molecular flexibility index (Phi) is 6.79. The summed E-state index contributed by atoms with van der Waals surface area (Å²) in [4.78, 5) is 28.2. The van der Waals surface area contributed by atoms with Crippen molar-refractivity contribution < 1.29 is 14.1 Å². The van der Waals surface area contributed by atoms with E-state index in [4.69, 9.17) is 0 Å². The molecule has 7 heteroatoms. The first-order valence-electron chi connectivity index (χ1n) is 11.0. The number of nitro groups is 1. The number of anilines is 1. The molecule has 6 nitrogen and oxygen atoms in total. The fourth-order valence-electron chi connectivity index (χ4n) is 4.29. The Bertz CT molecular complexity index is 1120. The predicted octanol–water partition coefficient (Wildman–Crippen LogP) is 5.35. The number of nitro benzene ring substituents is 1. The van der Waals surface area contributed by atoms with Gasteiger partial charge in [-0.05, 0) is 61.7 Å². The highest BCUT2D eigenvalue weighted by atomic mass is 19.1. The van der Waals surface area contributed by atoms with E-state index in [0.717, 1.165) is 42.7 Å². The maximum atomic E-state index is 13.4. The topological polar surface area (TPSA) is 66.7 Å². The summed E-state index contributed by atoms with van der Waals surface area (Å²) in [7, 11) is 0. The van der Waals surface area contributed by atoms with Gasteiger partial charge in [0.15, 0.2) is 0 Å². The van der Waals surface area contributed by atoms with Gasteiger partial charge in [0.25, 0.3) is 11.6 Å². The van der Waals surface area contributed by atoms with Crippen LogP contribution < -0.4 is 4.90 Å². The third kappa shape index (κ3) is 5.43. The van der Waals surface area contributed by atoms with Crippen LogP contribution in [0.4, 0.5) is 15.8 Å². The van der Waals surface area contributed by atoms with Crippen molar-refractivity contribution >= 4 is 17.3 Å². The molecule has 33 heavy (non-hydrogen) atoms. The molecule has 1 amide bonds. The molecule has 3 aromatic rings. The quantitative estimate of drug-likeness (QED) is 0.377.